The van der Waals surface area contributed by atoms with E-state index in [1.54, 1.807) is 0 Å². The molecule has 1 aliphatic heterocycles. The topological polar surface area (TPSA) is 46.3 Å². The van der Waals surface area contributed by atoms with Gasteiger partial charge in [0.25, 0.3) is 0 Å². The number of hydrogen-bond acceptors (Lipinski definition) is 4. The van der Waals surface area contributed by atoms with E-state index in [2.05, 4.69) is 0 Å². The lowest BCUT2D eigenvalue weighted by Crippen LogP contribution is -2.42. The summed E-state index contributed by atoms with van der Waals surface area (Å²) in [5, 5.41) is 0. The van der Waals surface area contributed by atoms with Crippen molar-refractivity contribution >= 4 is 34.2 Å². The normalized spacial score (nSPS) is 25.6. The predicted octanol–water partition coefficient (Wildman–Crippen LogP) is 0.151. The molecule has 1 unspecified atom stereocenters. The minimum Gasteiger partial charge on any atom is -0.310 e. The Kier molecular flexibility index (Phi) is 2.28. The van der Waals surface area contributed by atoms with E-state index in [4.69, 9.17) is 18.0 Å². The van der Waals surface area contributed by atoms with Crippen molar-refractivity contribution < 1.29 is 4.79 Å². The Labute approximate surface area is 68.9 Å². The summed E-state index contributed by atoms with van der Waals surface area (Å²) >= 11 is 6.34. The maximum Gasteiger partial charge on any atom is 0.226 e. The fourth-order valence-electron chi connectivity index (χ4n) is 0.798. The number of nitrogens with zero attached hydrogens (tertiary/aromatic N) is 1. The summed E-state index contributed by atoms with van der Waals surface area (Å²) in [4.78, 5) is 12.3. The van der Waals surface area contributed by atoms with Crippen LogP contribution in [0.25, 0.3) is 0 Å². The third-order valence-electron chi connectivity index (χ3n) is 1.25. The second kappa shape index (κ2) is 2.86. The van der Waals surface area contributed by atoms with Crippen LogP contribution in [0.2, 0.25) is 0 Å². The molecule has 0 bridgehead atoms. The van der Waals surface area contributed by atoms with Crippen LogP contribution in [0.3, 0.4) is 0 Å². The van der Waals surface area contributed by atoms with Gasteiger partial charge in [0.05, 0.1) is 6.17 Å². The zero-order valence-corrected chi connectivity index (χ0v) is 7.17. The Morgan fingerprint density at radius 2 is 2.60 bits per heavy atom. The van der Waals surface area contributed by atoms with Crippen LogP contribution < -0.4 is 5.73 Å². The lowest BCUT2D eigenvalue weighted by Gasteiger charge is -2.16. The molecule has 0 saturated carbocycles. The van der Waals surface area contributed by atoms with Crippen molar-refractivity contribution in [2.24, 2.45) is 5.73 Å². The molecule has 3 nitrogen and oxygen atoms in total. The van der Waals surface area contributed by atoms with Gasteiger partial charge >= 0.3 is 0 Å². The van der Waals surface area contributed by atoms with Gasteiger partial charge in [-0.25, -0.2) is 0 Å². The first kappa shape index (κ1) is 7.97. The summed E-state index contributed by atoms with van der Waals surface area (Å²) in [5.41, 5.74) is 5.57. The van der Waals surface area contributed by atoms with Crippen molar-refractivity contribution in [2.45, 2.75) is 13.1 Å². The van der Waals surface area contributed by atoms with Crippen molar-refractivity contribution in [3.63, 3.8) is 0 Å². The molecular weight excluding hydrogens is 168 g/mol. The zero-order chi connectivity index (χ0) is 7.72. The van der Waals surface area contributed by atoms with Crippen molar-refractivity contribution in [3.05, 3.63) is 0 Å². The van der Waals surface area contributed by atoms with Gasteiger partial charge in [-0.3, -0.25) is 9.69 Å². The molecule has 1 rings (SSSR count). The minimum absolute atomic E-state index is 0.0671. The van der Waals surface area contributed by atoms with Crippen molar-refractivity contribution in [1.29, 1.82) is 0 Å². The molecule has 1 aliphatic rings. The quantitative estimate of drug-likeness (QED) is 0.534. The second-order valence-corrected chi connectivity index (χ2v) is 3.69. The number of amides is 1. The minimum atomic E-state index is -0.213. The monoisotopic (exact) mass is 176 g/mol. The Bertz CT molecular complexity index is 182. The Hall–Kier alpha value is -0.130. The molecule has 1 saturated heterocycles. The van der Waals surface area contributed by atoms with Crippen LogP contribution in [0.1, 0.15) is 6.92 Å². The molecule has 56 valence electrons. The second-order valence-electron chi connectivity index (χ2n) is 2.03. The van der Waals surface area contributed by atoms with Crippen LogP contribution in [-0.4, -0.2) is 27.0 Å². The van der Waals surface area contributed by atoms with E-state index >= 15 is 0 Å². The van der Waals surface area contributed by atoms with E-state index in [0.717, 1.165) is 5.75 Å². The summed E-state index contributed by atoms with van der Waals surface area (Å²) in [6, 6.07) is 0. The first-order chi connectivity index (χ1) is 4.63. The Morgan fingerprint density at radius 1 is 2.00 bits per heavy atom. The van der Waals surface area contributed by atoms with Crippen molar-refractivity contribution in [1.82, 2.24) is 4.90 Å². The zero-order valence-electron chi connectivity index (χ0n) is 5.53. The average Bonchev–Trinajstić information content (AvgIpc) is 2.11. The van der Waals surface area contributed by atoms with Crippen molar-refractivity contribution in [2.75, 3.05) is 5.75 Å². The number of thioether (sulfide) groups is 1. The summed E-state index contributed by atoms with van der Waals surface area (Å²) in [6.45, 7) is 1.47. The van der Waals surface area contributed by atoms with Crippen LogP contribution in [0.4, 0.5) is 0 Å². The molecule has 0 aromatic carbocycles. The highest BCUT2D eigenvalue weighted by atomic mass is 32.2. The summed E-state index contributed by atoms with van der Waals surface area (Å²) in [6.07, 6.45) is -0.213. The van der Waals surface area contributed by atoms with Crippen LogP contribution in [-0.2, 0) is 4.79 Å². The van der Waals surface area contributed by atoms with Gasteiger partial charge in [0.1, 0.15) is 4.32 Å². The number of thiocarbonyl (C=S) groups is 1. The molecular formula is C5H8N2OS2. The molecule has 1 amide bonds. The van der Waals surface area contributed by atoms with Crippen LogP contribution in [0.5, 0.6) is 0 Å². The molecule has 0 aromatic heterocycles. The molecule has 5 heteroatoms. The fraction of sp³-hybridized carbons (Fsp3) is 0.600. The molecule has 1 atom stereocenters. The van der Waals surface area contributed by atoms with Crippen LogP contribution in [0, 0.1) is 0 Å². The molecule has 2 N–H and O–H groups in total. The standard InChI is InChI=1S/C5H8N2OS2/c1-3(8)7-4(6)2-10-5(7)9/h4H,2,6H2,1H3. The van der Waals surface area contributed by atoms with Gasteiger partial charge in [-0.15, -0.1) is 0 Å². The molecule has 0 spiro atoms. The first-order valence-electron chi connectivity index (χ1n) is 2.85. The summed E-state index contributed by atoms with van der Waals surface area (Å²) in [5.74, 6) is 0.654. The smallest absolute Gasteiger partial charge is 0.226 e. The van der Waals surface area contributed by atoms with E-state index in [1.807, 2.05) is 0 Å². The number of carbonyl (C=O) groups excluding carboxylic acids is 1. The Balaban J connectivity index is 2.72. The molecule has 0 aromatic rings. The number of carbonyl (C=O) groups is 1. The third kappa shape index (κ3) is 1.31. The maximum absolute atomic E-state index is 10.8. The number of hydrogen-bond donors (Lipinski definition) is 1. The fourth-order valence-corrected chi connectivity index (χ4v) is 2.13. The van der Waals surface area contributed by atoms with E-state index < -0.39 is 0 Å². The lowest BCUT2D eigenvalue weighted by atomic mass is 10.5. The summed E-state index contributed by atoms with van der Waals surface area (Å²) in [7, 11) is 0. The van der Waals surface area contributed by atoms with Gasteiger partial charge in [-0.1, -0.05) is 24.0 Å². The van der Waals surface area contributed by atoms with Crippen LogP contribution >= 0.6 is 24.0 Å². The summed E-state index contributed by atoms with van der Waals surface area (Å²) < 4.78 is 0.597. The van der Waals surface area contributed by atoms with Gasteiger partial charge in [0, 0.05) is 12.7 Å². The largest absolute Gasteiger partial charge is 0.310 e. The van der Waals surface area contributed by atoms with Gasteiger partial charge in [0.2, 0.25) is 5.91 Å². The molecule has 0 aliphatic carbocycles. The van der Waals surface area contributed by atoms with E-state index in [1.165, 1.54) is 23.6 Å². The van der Waals surface area contributed by atoms with Gasteiger partial charge < -0.3 is 5.73 Å². The van der Waals surface area contributed by atoms with E-state index in [-0.39, 0.29) is 12.1 Å². The Morgan fingerprint density at radius 3 is 2.80 bits per heavy atom. The lowest BCUT2D eigenvalue weighted by molar-refractivity contribution is -0.125. The average molecular weight is 176 g/mol. The highest BCUT2D eigenvalue weighted by Crippen LogP contribution is 2.20. The highest BCUT2D eigenvalue weighted by Gasteiger charge is 2.28. The number of nitrogens with two attached hydrogens (primary N) is 1. The van der Waals surface area contributed by atoms with Gasteiger partial charge in [0.15, 0.2) is 0 Å². The molecule has 0 radical (unpaired) electrons. The predicted molar refractivity (Wildman–Crippen MR) is 45.6 cm³/mol. The SMILES string of the molecule is CC(=O)N1C(=S)SCC1N. The van der Waals surface area contributed by atoms with E-state index in [9.17, 15) is 4.79 Å². The third-order valence-corrected chi connectivity index (χ3v) is 2.75. The van der Waals surface area contributed by atoms with Crippen LogP contribution in [0.15, 0.2) is 0 Å². The van der Waals surface area contributed by atoms with E-state index in [0.29, 0.717) is 4.32 Å². The maximum atomic E-state index is 10.8. The molecule has 1 heterocycles. The molecule has 1 fully saturated rings. The number of rotatable bonds is 0. The van der Waals surface area contributed by atoms with Crippen molar-refractivity contribution in [3.8, 4) is 0 Å². The molecule has 10 heavy (non-hydrogen) atoms. The first-order valence-corrected chi connectivity index (χ1v) is 4.24. The van der Waals surface area contributed by atoms with Gasteiger partial charge in [-0.05, 0) is 0 Å². The highest BCUT2D eigenvalue weighted by molar-refractivity contribution is 8.23. The van der Waals surface area contributed by atoms with Gasteiger partial charge in [-0.2, -0.15) is 0 Å².